The third-order valence-electron chi connectivity index (χ3n) is 7.89. The van der Waals surface area contributed by atoms with Crippen molar-refractivity contribution >= 4 is 11.8 Å². The van der Waals surface area contributed by atoms with Gasteiger partial charge in [0.1, 0.15) is 18.1 Å². The number of amides is 2. The van der Waals surface area contributed by atoms with Crippen LogP contribution in [0.4, 0.5) is 0 Å². The Hall–Kier alpha value is -4.02. The molecule has 2 amide bonds. The topological polar surface area (TPSA) is 93.9 Å². The molecule has 0 atom stereocenters. The third-order valence-corrected chi connectivity index (χ3v) is 7.89. The number of ether oxygens (including phenoxy) is 4. The molecule has 2 heterocycles. The first-order valence-corrected chi connectivity index (χ1v) is 15.8. The van der Waals surface area contributed by atoms with Gasteiger partial charge in [0.05, 0.1) is 46.8 Å². The minimum Gasteiger partial charge on any atom is -0.494 e. The predicted molar refractivity (Wildman–Crippen MR) is 172 cm³/mol. The largest absolute Gasteiger partial charge is 0.494 e. The number of hydrogen-bond acceptors (Lipinski definition) is 8. The van der Waals surface area contributed by atoms with E-state index in [1.165, 1.54) is 0 Å². The van der Waals surface area contributed by atoms with E-state index in [-0.39, 0.29) is 18.4 Å². The first kappa shape index (κ1) is 33.9. The van der Waals surface area contributed by atoms with E-state index in [2.05, 4.69) is 11.8 Å². The molecule has 4 rings (SSSR count). The normalized spacial score (nSPS) is 13.3. The summed E-state index contributed by atoms with van der Waals surface area (Å²) in [6.07, 6.45) is 4.97. The van der Waals surface area contributed by atoms with Crippen LogP contribution in [0.25, 0.3) is 0 Å². The van der Waals surface area contributed by atoms with Gasteiger partial charge in [0, 0.05) is 38.3 Å². The van der Waals surface area contributed by atoms with E-state index in [0.29, 0.717) is 55.5 Å². The lowest BCUT2D eigenvalue weighted by Gasteiger charge is -2.30. The van der Waals surface area contributed by atoms with E-state index in [1.54, 1.807) is 42.4 Å². The van der Waals surface area contributed by atoms with Crippen molar-refractivity contribution in [2.75, 3.05) is 73.3 Å². The van der Waals surface area contributed by atoms with E-state index in [1.807, 2.05) is 42.5 Å². The Morgan fingerprint density at radius 3 is 2.38 bits per heavy atom. The van der Waals surface area contributed by atoms with Gasteiger partial charge in [0.2, 0.25) is 5.91 Å². The molecule has 0 aliphatic carbocycles. The van der Waals surface area contributed by atoms with Crippen molar-refractivity contribution in [1.29, 1.82) is 0 Å². The van der Waals surface area contributed by atoms with Crippen LogP contribution in [0.1, 0.15) is 47.9 Å². The van der Waals surface area contributed by atoms with Crippen LogP contribution >= 0.6 is 0 Å². The van der Waals surface area contributed by atoms with E-state index in [9.17, 15) is 9.59 Å². The first-order chi connectivity index (χ1) is 22.0. The number of methoxy groups -OCH3 is 2. The lowest BCUT2D eigenvalue weighted by Crippen LogP contribution is -2.44. The van der Waals surface area contributed by atoms with Crippen molar-refractivity contribution in [3.8, 4) is 17.2 Å². The summed E-state index contributed by atoms with van der Waals surface area (Å²) in [5, 5.41) is 0. The van der Waals surface area contributed by atoms with Crippen LogP contribution in [0.5, 0.6) is 17.2 Å². The maximum Gasteiger partial charge on any atom is 0.254 e. The van der Waals surface area contributed by atoms with Crippen LogP contribution in [-0.4, -0.2) is 99.8 Å². The zero-order valence-corrected chi connectivity index (χ0v) is 26.9. The van der Waals surface area contributed by atoms with Crippen LogP contribution in [-0.2, 0) is 22.5 Å². The lowest BCUT2D eigenvalue weighted by atomic mass is 10.1. The van der Waals surface area contributed by atoms with Gasteiger partial charge in [-0.25, -0.2) is 0 Å². The standard InChI is InChI=1S/C35H47N3O7/c1-4-5-21-44-30-12-10-29(11-13-30)35(40)38(17-7-16-36-19-23-43-24-20-36)27-34(39)37(26-31-8-6-22-45-31)18-15-28-9-14-32(41-2)33(25-28)42-3/h6,8-14,22,25H,4-5,7,15-21,23-24,26-27H2,1-3H3. The average Bonchev–Trinajstić information content (AvgIpc) is 3.60. The van der Waals surface area contributed by atoms with E-state index >= 15 is 0 Å². The van der Waals surface area contributed by atoms with Crippen molar-refractivity contribution in [3.05, 3.63) is 77.7 Å². The Bertz CT molecular complexity index is 1310. The third kappa shape index (κ3) is 10.5. The molecular weight excluding hydrogens is 574 g/mol. The van der Waals surface area contributed by atoms with Crippen LogP contribution in [0, 0.1) is 0 Å². The van der Waals surface area contributed by atoms with Crippen molar-refractivity contribution in [2.45, 2.75) is 39.2 Å². The maximum absolute atomic E-state index is 13.9. The number of hydrogen-bond donors (Lipinski definition) is 0. The number of carbonyl (C=O) groups is 2. The number of carbonyl (C=O) groups excluding carboxylic acids is 2. The predicted octanol–water partition coefficient (Wildman–Crippen LogP) is 4.91. The molecule has 1 saturated heterocycles. The molecular formula is C35H47N3O7. The minimum absolute atomic E-state index is 0.0384. The first-order valence-electron chi connectivity index (χ1n) is 15.8. The molecule has 0 saturated carbocycles. The fraction of sp³-hybridized carbons (Fsp3) is 0.486. The zero-order chi connectivity index (χ0) is 31.9. The maximum atomic E-state index is 13.9. The van der Waals surface area contributed by atoms with E-state index in [0.717, 1.165) is 63.4 Å². The average molecular weight is 622 g/mol. The smallest absolute Gasteiger partial charge is 0.254 e. The molecule has 2 aromatic carbocycles. The molecule has 3 aromatic rings. The molecule has 244 valence electrons. The molecule has 0 bridgehead atoms. The van der Waals surface area contributed by atoms with E-state index in [4.69, 9.17) is 23.4 Å². The summed E-state index contributed by atoms with van der Waals surface area (Å²) in [6, 6.07) is 16.6. The highest BCUT2D eigenvalue weighted by Crippen LogP contribution is 2.28. The Morgan fingerprint density at radius 2 is 1.69 bits per heavy atom. The van der Waals surface area contributed by atoms with Crippen molar-refractivity contribution in [1.82, 2.24) is 14.7 Å². The summed E-state index contributed by atoms with van der Waals surface area (Å²) >= 11 is 0. The highest BCUT2D eigenvalue weighted by molar-refractivity contribution is 5.96. The molecule has 1 aliphatic heterocycles. The number of furan rings is 1. The second-order valence-corrected chi connectivity index (χ2v) is 11.1. The van der Waals surface area contributed by atoms with Gasteiger partial charge in [-0.3, -0.25) is 14.5 Å². The highest BCUT2D eigenvalue weighted by Gasteiger charge is 2.24. The Balaban J connectivity index is 1.47. The SMILES string of the molecule is CCCCOc1ccc(C(=O)N(CCCN2CCOCC2)CC(=O)N(CCc2ccc(OC)c(OC)c2)Cc2ccco2)cc1. The molecule has 10 heteroatoms. The fourth-order valence-electron chi connectivity index (χ4n) is 5.22. The monoisotopic (exact) mass is 621 g/mol. The van der Waals surface area contributed by atoms with Gasteiger partial charge in [-0.05, 0) is 73.4 Å². The number of unbranched alkanes of at least 4 members (excludes halogenated alkanes) is 1. The molecule has 0 radical (unpaired) electrons. The van der Waals surface area contributed by atoms with Gasteiger partial charge in [0.25, 0.3) is 5.91 Å². The van der Waals surface area contributed by atoms with Crippen LogP contribution in [0.2, 0.25) is 0 Å². The quantitative estimate of drug-likeness (QED) is 0.185. The summed E-state index contributed by atoms with van der Waals surface area (Å²) in [4.78, 5) is 33.5. The summed E-state index contributed by atoms with van der Waals surface area (Å²) in [6.45, 7) is 7.94. The van der Waals surface area contributed by atoms with E-state index < -0.39 is 0 Å². The minimum atomic E-state index is -0.178. The molecule has 45 heavy (non-hydrogen) atoms. The van der Waals surface area contributed by atoms with Gasteiger partial charge < -0.3 is 33.2 Å². The highest BCUT2D eigenvalue weighted by atomic mass is 16.5. The van der Waals surface area contributed by atoms with Gasteiger partial charge in [-0.2, -0.15) is 0 Å². The van der Waals surface area contributed by atoms with Crippen LogP contribution < -0.4 is 14.2 Å². The fourth-order valence-corrected chi connectivity index (χ4v) is 5.22. The molecule has 10 nitrogen and oxygen atoms in total. The zero-order valence-electron chi connectivity index (χ0n) is 26.9. The van der Waals surface area contributed by atoms with Crippen molar-refractivity contribution in [2.24, 2.45) is 0 Å². The van der Waals surface area contributed by atoms with Gasteiger partial charge >= 0.3 is 0 Å². The lowest BCUT2D eigenvalue weighted by molar-refractivity contribution is -0.132. The molecule has 0 spiro atoms. The Morgan fingerprint density at radius 1 is 0.911 bits per heavy atom. The van der Waals surface area contributed by atoms with Crippen LogP contribution in [0.3, 0.4) is 0 Å². The van der Waals surface area contributed by atoms with Gasteiger partial charge in [-0.15, -0.1) is 0 Å². The molecule has 0 unspecified atom stereocenters. The second kappa shape index (κ2) is 18.1. The second-order valence-electron chi connectivity index (χ2n) is 11.1. The van der Waals surface area contributed by atoms with Crippen molar-refractivity contribution in [3.63, 3.8) is 0 Å². The summed E-state index contributed by atoms with van der Waals surface area (Å²) in [5.41, 5.74) is 1.53. The molecule has 1 aliphatic rings. The molecule has 1 fully saturated rings. The summed E-state index contributed by atoms with van der Waals surface area (Å²) in [5.74, 6) is 2.37. The number of morpholine rings is 1. The molecule has 1 aromatic heterocycles. The molecule has 0 N–H and O–H groups in total. The number of rotatable bonds is 18. The van der Waals surface area contributed by atoms with Crippen molar-refractivity contribution < 1.29 is 33.0 Å². The summed E-state index contributed by atoms with van der Waals surface area (Å²) < 4.78 is 27.7. The van der Waals surface area contributed by atoms with Gasteiger partial charge in [0.15, 0.2) is 11.5 Å². The Labute approximate surface area is 266 Å². The number of benzene rings is 2. The van der Waals surface area contributed by atoms with Gasteiger partial charge in [-0.1, -0.05) is 19.4 Å². The Kier molecular flexibility index (Phi) is 13.6. The van der Waals surface area contributed by atoms with Crippen LogP contribution in [0.15, 0.2) is 65.3 Å². The number of nitrogens with zero attached hydrogens (tertiary/aromatic N) is 3. The summed E-state index contributed by atoms with van der Waals surface area (Å²) in [7, 11) is 3.21.